The first-order valence-corrected chi connectivity index (χ1v) is 9.55. The normalized spacial score (nSPS) is 11.0. The number of ether oxygens (including phenoxy) is 1. The molecule has 0 saturated carbocycles. The molecule has 4 aromatic rings. The molecule has 0 spiro atoms. The molecular formula is C24H25N3O. The maximum atomic E-state index is 6.64. The molecule has 0 aliphatic rings. The van der Waals surface area contributed by atoms with Gasteiger partial charge >= 0.3 is 0 Å². The van der Waals surface area contributed by atoms with Gasteiger partial charge in [0.2, 0.25) is 0 Å². The number of fused-ring (bicyclic) bond motifs is 1. The predicted octanol–water partition coefficient (Wildman–Crippen LogP) is 5.27. The molecule has 1 aromatic heterocycles. The Morgan fingerprint density at radius 2 is 1.61 bits per heavy atom. The number of nitrogens with zero attached hydrogens (tertiary/aromatic N) is 2. The molecule has 0 aliphatic carbocycles. The fourth-order valence-corrected chi connectivity index (χ4v) is 3.79. The first-order chi connectivity index (χ1) is 13.7. The molecular weight excluding hydrogens is 346 g/mol. The SMILES string of the molecule is CCc1c(N(N)c2ccccc2)c2cc(OC)ccc2n1Cc1ccccc1. The summed E-state index contributed by atoms with van der Waals surface area (Å²) in [7, 11) is 1.69. The monoisotopic (exact) mass is 371 g/mol. The maximum absolute atomic E-state index is 6.64. The van der Waals surface area contributed by atoms with Gasteiger partial charge in [-0.3, -0.25) is 5.01 Å². The Labute approximate surface area is 165 Å². The number of hydrogen-bond donors (Lipinski definition) is 1. The summed E-state index contributed by atoms with van der Waals surface area (Å²) >= 11 is 0. The van der Waals surface area contributed by atoms with Crippen LogP contribution in [0.5, 0.6) is 5.75 Å². The third kappa shape index (κ3) is 3.23. The molecule has 0 aliphatic heterocycles. The summed E-state index contributed by atoms with van der Waals surface area (Å²) in [6.07, 6.45) is 0.875. The molecule has 4 nitrogen and oxygen atoms in total. The van der Waals surface area contributed by atoms with Crippen LogP contribution >= 0.6 is 0 Å². The minimum Gasteiger partial charge on any atom is -0.497 e. The lowest BCUT2D eigenvalue weighted by molar-refractivity contribution is 0.415. The van der Waals surface area contributed by atoms with E-state index in [4.69, 9.17) is 10.6 Å². The van der Waals surface area contributed by atoms with Crippen molar-refractivity contribution in [2.45, 2.75) is 19.9 Å². The lowest BCUT2D eigenvalue weighted by Gasteiger charge is -2.20. The summed E-state index contributed by atoms with van der Waals surface area (Å²) in [5.41, 5.74) is 5.61. The van der Waals surface area contributed by atoms with Crippen LogP contribution in [-0.2, 0) is 13.0 Å². The van der Waals surface area contributed by atoms with E-state index in [9.17, 15) is 0 Å². The molecule has 0 amide bonds. The molecule has 28 heavy (non-hydrogen) atoms. The number of para-hydroxylation sites is 1. The number of rotatable bonds is 6. The number of benzene rings is 3. The number of methoxy groups -OCH3 is 1. The first-order valence-electron chi connectivity index (χ1n) is 9.55. The predicted molar refractivity (Wildman–Crippen MR) is 116 cm³/mol. The van der Waals surface area contributed by atoms with E-state index >= 15 is 0 Å². The van der Waals surface area contributed by atoms with E-state index in [-0.39, 0.29) is 0 Å². The molecule has 3 aromatic carbocycles. The van der Waals surface area contributed by atoms with Gasteiger partial charge in [-0.25, -0.2) is 5.84 Å². The Morgan fingerprint density at radius 1 is 0.929 bits per heavy atom. The second-order valence-electron chi connectivity index (χ2n) is 6.81. The van der Waals surface area contributed by atoms with Crippen molar-refractivity contribution >= 4 is 22.3 Å². The van der Waals surface area contributed by atoms with Crippen LogP contribution in [0, 0.1) is 0 Å². The number of aromatic nitrogens is 1. The molecule has 0 radical (unpaired) electrons. The minimum absolute atomic E-state index is 0.801. The fraction of sp³-hybridized carbons (Fsp3) is 0.167. The molecule has 1 heterocycles. The fourth-order valence-electron chi connectivity index (χ4n) is 3.79. The van der Waals surface area contributed by atoms with Crippen molar-refractivity contribution in [3.8, 4) is 5.75 Å². The molecule has 4 heteroatoms. The molecule has 0 unspecified atom stereocenters. The molecule has 0 bridgehead atoms. The Morgan fingerprint density at radius 3 is 2.25 bits per heavy atom. The van der Waals surface area contributed by atoms with Crippen molar-refractivity contribution in [2.75, 3.05) is 12.1 Å². The van der Waals surface area contributed by atoms with Crippen LogP contribution in [0.1, 0.15) is 18.2 Å². The summed E-state index contributed by atoms with van der Waals surface area (Å²) in [6, 6.07) is 26.8. The second-order valence-corrected chi connectivity index (χ2v) is 6.81. The molecule has 0 saturated heterocycles. The number of hydrazine groups is 1. The Bertz CT molecular complexity index is 1070. The van der Waals surface area contributed by atoms with E-state index in [2.05, 4.69) is 47.9 Å². The van der Waals surface area contributed by atoms with Crippen molar-refractivity contribution in [1.29, 1.82) is 0 Å². The van der Waals surface area contributed by atoms with Crippen molar-refractivity contribution in [3.05, 3.63) is 90.1 Å². The molecule has 142 valence electrons. The average molecular weight is 371 g/mol. The highest BCUT2D eigenvalue weighted by Crippen LogP contribution is 2.38. The Hall–Kier alpha value is -3.24. The summed E-state index contributed by atoms with van der Waals surface area (Å²) in [6.45, 7) is 2.98. The molecule has 4 rings (SSSR count). The van der Waals surface area contributed by atoms with Gasteiger partial charge in [-0.1, -0.05) is 55.5 Å². The second kappa shape index (κ2) is 7.79. The van der Waals surface area contributed by atoms with Crippen molar-refractivity contribution in [1.82, 2.24) is 4.57 Å². The maximum Gasteiger partial charge on any atom is 0.119 e. The topological polar surface area (TPSA) is 43.4 Å². The van der Waals surface area contributed by atoms with E-state index < -0.39 is 0 Å². The smallest absolute Gasteiger partial charge is 0.119 e. The highest BCUT2D eigenvalue weighted by molar-refractivity contribution is 5.98. The molecule has 2 N–H and O–H groups in total. The van der Waals surface area contributed by atoms with Gasteiger partial charge in [-0.15, -0.1) is 0 Å². The quantitative estimate of drug-likeness (QED) is 0.371. The van der Waals surface area contributed by atoms with E-state index in [1.165, 1.54) is 11.3 Å². The van der Waals surface area contributed by atoms with Crippen molar-refractivity contribution in [3.63, 3.8) is 0 Å². The molecule has 0 atom stereocenters. The minimum atomic E-state index is 0.801. The van der Waals surface area contributed by atoms with E-state index in [0.717, 1.165) is 41.0 Å². The van der Waals surface area contributed by atoms with Gasteiger partial charge in [-0.2, -0.15) is 0 Å². The van der Waals surface area contributed by atoms with Gasteiger partial charge in [-0.05, 0) is 42.3 Å². The summed E-state index contributed by atoms with van der Waals surface area (Å²) in [5, 5.41) is 2.89. The first kappa shape index (κ1) is 18.1. The Balaban J connectivity index is 1.94. The van der Waals surface area contributed by atoms with E-state index in [0.29, 0.717) is 0 Å². The van der Waals surface area contributed by atoms with Gasteiger partial charge in [0, 0.05) is 17.6 Å². The lowest BCUT2D eigenvalue weighted by Crippen LogP contribution is -2.26. The number of hydrogen-bond acceptors (Lipinski definition) is 3. The third-order valence-corrected chi connectivity index (χ3v) is 5.14. The van der Waals surface area contributed by atoms with Gasteiger partial charge < -0.3 is 9.30 Å². The largest absolute Gasteiger partial charge is 0.497 e. The molecule has 0 fully saturated rings. The standard InChI is InChI=1S/C24H25N3O/c1-3-22-24(27(25)19-12-8-5-9-13-19)21-16-20(28-2)14-15-23(21)26(22)17-18-10-6-4-7-11-18/h4-16H,3,17,25H2,1-2H3. The number of nitrogens with two attached hydrogens (primary N) is 1. The van der Waals surface area contributed by atoms with Crippen LogP contribution in [-0.4, -0.2) is 11.7 Å². The summed E-state index contributed by atoms with van der Waals surface area (Å²) < 4.78 is 7.86. The van der Waals surface area contributed by atoms with Crippen molar-refractivity contribution in [2.24, 2.45) is 5.84 Å². The van der Waals surface area contributed by atoms with Crippen molar-refractivity contribution < 1.29 is 4.74 Å². The van der Waals surface area contributed by atoms with Crippen LogP contribution in [0.25, 0.3) is 10.9 Å². The summed E-state index contributed by atoms with van der Waals surface area (Å²) in [4.78, 5) is 0. The summed E-state index contributed by atoms with van der Waals surface area (Å²) in [5.74, 6) is 7.46. The van der Waals surface area contributed by atoms with Gasteiger partial charge in [0.25, 0.3) is 0 Å². The highest BCUT2D eigenvalue weighted by atomic mass is 16.5. The van der Waals surface area contributed by atoms with E-state index in [1.54, 1.807) is 12.1 Å². The highest BCUT2D eigenvalue weighted by Gasteiger charge is 2.21. The van der Waals surface area contributed by atoms with Crippen LogP contribution in [0.15, 0.2) is 78.9 Å². The van der Waals surface area contributed by atoms with Crippen LogP contribution in [0.3, 0.4) is 0 Å². The van der Waals surface area contributed by atoms with Crippen LogP contribution in [0.2, 0.25) is 0 Å². The van der Waals surface area contributed by atoms with Gasteiger partial charge in [0.15, 0.2) is 0 Å². The van der Waals surface area contributed by atoms with Crippen LogP contribution < -0.4 is 15.6 Å². The van der Waals surface area contributed by atoms with Crippen LogP contribution in [0.4, 0.5) is 11.4 Å². The van der Waals surface area contributed by atoms with Gasteiger partial charge in [0.05, 0.1) is 24.0 Å². The van der Waals surface area contributed by atoms with E-state index in [1.807, 2.05) is 42.5 Å². The zero-order valence-corrected chi connectivity index (χ0v) is 16.3. The average Bonchev–Trinajstić information content (AvgIpc) is 3.07. The van der Waals surface area contributed by atoms with Gasteiger partial charge in [0.1, 0.15) is 5.75 Å². The lowest BCUT2D eigenvalue weighted by atomic mass is 10.1. The third-order valence-electron chi connectivity index (χ3n) is 5.14. The Kier molecular flexibility index (Phi) is 5.04. The number of anilines is 2. The zero-order chi connectivity index (χ0) is 19.5. The zero-order valence-electron chi connectivity index (χ0n) is 16.3.